The van der Waals surface area contributed by atoms with Crippen molar-refractivity contribution in [2.75, 3.05) is 38.0 Å². The summed E-state index contributed by atoms with van der Waals surface area (Å²) in [7, 11) is 0. The molecule has 3 aliphatic rings. The third-order valence-corrected chi connectivity index (χ3v) is 6.51. The number of amides is 1. The maximum atomic E-state index is 12.9. The van der Waals surface area contributed by atoms with Crippen LogP contribution in [0.5, 0.6) is 0 Å². The van der Waals surface area contributed by atoms with Gasteiger partial charge >= 0.3 is 6.18 Å². The van der Waals surface area contributed by atoms with Crippen molar-refractivity contribution in [3.8, 4) is 0 Å². The number of nitrogens with one attached hydrogen (secondary N) is 2. The lowest BCUT2D eigenvalue weighted by molar-refractivity contribution is -0.137. The fraction of sp³-hybridized carbons (Fsp3) is 0.524. The lowest BCUT2D eigenvalue weighted by atomic mass is 9.76. The van der Waals surface area contributed by atoms with E-state index in [2.05, 4.69) is 20.5 Å². The molecule has 1 saturated carbocycles. The van der Waals surface area contributed by atoms with Crippen LogP contribution in [0.1, 0.15) is 24.8 Å². The molecular weight excluding hydrogens is 431 g/mol. The molecular formula is C21H25ClF3N5O. The summed E-state index contributed by atoms with van der Waals surface area (Å²) in [6.07, 6.45) is -0.817. The van der Waals surface area contributed by atoms with Gasteiger partial charge in [0.2, 0.25) is 0 Å². The minimum absolute atomic E-state index is 0.140. The lowest BCUT2D eigenvalue weighted by Crippen LogP contribution is -2.48. The highest BCUT2D eigenvalue weighted by atomic mass is 35.5. The minimum atomic E-state index is -4.50. The van der Waals surface area contributed by atoms with Crippen LogP contribution in [-0.2, 0) is 11.0 Å². The smallest absolute Gasteiger partial charge is 0.401 e. The normalized spacial score (nSPS) is 21.9. The molecule has 1 amide bonds. The van der Waals surface area contributed by atoms with Crippen molar-refractivity contribution in [1.29, 1.82) is 0 Å². The maximum absolute atomic E-state index is 12.9. The average Bonchev–Trinajstić information content (AvgIpc) is 2.98. The van der Waals surface area contributed by atoms with Gasteiger partial charge in [-0.05, 0) is 43.4 Å². The van der Waals surface area contributed by atoms with E-state index >= 15 is 0 Å². The Bertz CT molecular complexity index is 922. The third-order valence-electron chi connectivity index (χ3n) is 6.20. The summed E-state index contributed by atoms with van der Waals surface area (Å²) in [5.74, 6) is 0.271. The van der Waals surface area contributed by atoms with E-state index in [0.717, 1.165) is 49.5 Å². The van der Waals surface area contributed by atoms with Gasteiger partial charge in [0.15, 0.2) is 0 Å². The first-order valence-corrected chi connectivity index (χ1v) is 10.7. The van der Waals surface area contributed by atoms with Crippen molar-refractivity contribution in [2.24, 2.45) is 16.6 Å². The van der Waals surface area contributed by atoms with Gasteiger partial charge in [-0.25, -0.2) is 0 Å². The summed E-state index contributed by atoms with van der Waals surface area (Å²) in [4.78, 5) is 19.8. The molecule has 1 aromatic rings. The SMILES string of the molecule is NC1=C(C=NC2(C(=O)Nc3ccc(C(F)(F)F)cc3Cl)CCC2)CN(CC2CNC2)C1. The molecule has 0 radical (unpaired) electrons. The molecule has 0 unspecified atom stereocenters. The standard InChI is InChI=1S/C21H25ClF3N5O/c22-16-6-15(21(23,24)25)2-3-18(16)29-19(31)20(4-1-5-20)28-9-14-11-30(12-17(14)26)10-13-7-27-8-13/h2-3,6,9,13,27H,1,4-5,7-8,10-12,26H2,(H,29,31). The Hall–Kier alpha value is -2.10. The summed E-state index contributed by atoms with van der Waals surface area (Å²) < 4.78 is 38.5. The van der Waals surface area contributed by atoms with E-state index in [9.17, 15) is 18.0 Å². The molecule has 6 nitrogen and oxygen atoms in total. The number of benzene rings is 1. The highest BCUT2D eigenvalue weighted by Gasteiger charge is 2.44. The summed E-state index contributed by atoms with van der Waals surface area (Å²) in [5.41, 5.74) is 6.20. The van der Waals surface area contributed by atoms with Crippen LogP contribution in [0.25, 0.3) is 0 Å². The number of nitrogens with two attached hydrogens (primary N) is 1. The molecule has 4 rings (SSSR count). The quantitative estimate of drug-likeness (QED) is 0.576. The number of rotatable bonds is 6. The molecule has 2 heterocycles. The van der Waals surface area contributed by atoms with Crippen molar-refractivity contribution in [3.63, 3.8) is 0 Å². The van der Waals surface area contributed by atoms with Crippen LogP contribution in [0.3, 0.4) is 0 Å². The topological polar surface area (TPSA) is 82.7 Å². The van der Waals surface area contributed by atoms with E-state index in [1.165, 1.54) is 6.07 Å². The Morgan fingerprint density at radius 2 is 2.10 bits per heavy atom. The van der Waals surface area contributed by atoms with Gasteiger partial charge < -0.3 is 16.4 Å². The maximum Gasteiger partial charge on any atom is 0.416 e. The second kappa shape index (κ2) is 8.44. The van der Waals surface area contributed by atoms with E-state index in [1.54, 1.807) is 6.21 Å². The highest BCUT2D eigenvalue weighted by Crippen LogP contribution is 2.39. The molecule has 2 fully saturated rings. The van der Waals surface area contributed by atoms with Crippen LogP contribution >= 0.6 is 11.6 Å². The summed E-state index contributed by atoms with van der Waals surface area (Å²) in [5, 5.41) is 5.75. The molecule has 0 spiro atoms. The van der Waals surface area contributed by atoms with Crippen molar-refractivity contribution >= 4 is 29.4 Å². The Balaban J connectivity index is 1.42. The zero-order valence-corrected chi connectivity index (χ0v) is 17.7. The van der Waals surface area contributed by atoms with E-state index in [4.69, 9.17) is 17.3 Å². The highest BCUT2D eigenvalue weighted by molar-refractivity contribution is 6.33. The fourth-order valence-electron chi connectivity index (χ4n) is 4.00. The predicted octanol–water partition coefficient (Wildman–Crippen LogP) is 3.04. The van der Waals surface area contributed by atoms with Gasteiger partial charge in [-0.3, -0.25) is 14.7 Å². The number of hydrogen-bond donors (Lipinski definition) is 3. The lowest BCUT2D eigenvalue weighted by Gasteiger charge is -2.36. The van der Waals surface area contributed by atoms with Crippen molar-refractivity contribution < 1.29 is 18.0 Å². The van der Waals surface area contributed by atoms with Crippen molar-refractivity contribution in [2.45, 2.75) is 31.0 Å². The monoisotopic (exact) mass is 455 g/mol. The van der Waals surface area contributed by atoms with E-state index in [0.29, 0.717) is 31.8 Å². The van der Waals surface area contributed by atoms with E-state index in [-0.39, 0.29) is 16.6 Å². The number of aliphatic imine (C=N–C) groups is 1. The fourth-order valence-corrected chi connectivity index (χ4v) is 4.22. The van der Waals surface area contributed by atoms with Gasteiger partial charge in [-0.2, -0.15) is 13.2 Å². The van der Waals surface area contributed by atoms with Crippen LogP contribution in [0, 0.1) is 5.92 Å². The van der Waals surface area contributed by atoms with Gasteiger partial charge in [-0.15, -0.1) is 0 Å². The van der Waals surface area contributed by atoms with Gasteiger partial charge in [0.1, 0.15) is 5.54 Å². The van der Waals surface area contributed by atoms with Crippen LogP contribution in [-0.4, -0.2) is 55.3 Å². The summed E-state index contributed by atoms with van der Waals surface area (Å²) in [6, 6.07) is 2.88. The molecule has 1 aliphatic carbocycles. The van der Waals surface area contributed by atoms with Gasteiger partial charge in [0.05, 0.1) is 16.3 Å². The molecule has 0 atom stereocenters. The second-order valence-electron chi connectivity index (χ2n) is 8.53. The molecule has 1 aromatic carbocycles. The van der Waals surface area contributed by atoms with Crippen LogP contribution in [0.2, 0.25) is 5.02 Å². The van der Waals surface area contributed by atoms with Crippen LogP contribution in [0.4, 0.5) is 18.9 Å². The molecule has 168 valence electrons. The van der Waals surface area contributed by atoms with E-state index < -0.39 is 17.3 Å². The van der Waals surface area contributed by atoms with Gasteiger partial charge in [0, 0.05) is 50.2 Å². The van der Waals surface area contributed by atoms with Crippen LogP contribution < -0.4 is 16.4 Å². The number of halogens is 4. The molecule has 0 bridgehead atoms. The van der Waals surface area contributed by atoms with Gasteiger partial charge in [-0.1, -0.05) is 11.6 Å². The van der Waals surface area contributed by atoms with Crippen LogP contribution in [0.15, 0.2) is 34.5 Å². The Morgan fingerprint density at radius 3 is 2.65 bits per heavy atom. The van der Waals surface area contributed by atoms with Crippen molar-refractivity contribution in [3.05, 3.63) is 40.1 Å². The number of hydrogen-bond acceptors (Lipinski definition) is 5. The summed E-state index contributed by atoms with van der Waals surface area (Å²) >= 11 is 5.98. The second-order valence-corrected chi connectivity index (χ2v) is 8.94. The number of carbonyl (C=O) groups is 1. The first-order valence-electron chi connectivity index (χ1n) is 10.3. The minimum Gasteiger partial charge on any atom is -0.401 e. The first kappa shape index (κ1) is 22.1. The average molecular weight is 456 g/mol. The van der Waals surface area contributed by atoms with Gasteiger partial charge in [0.25, 0.3) is 5.91 Å². The number of alkyl halides is 3. The molecule has 2 aliphatic heterocycles. The Labute approximate surface area is 183 Å². The van der Waals surface area contributed by atoms with E-state index in [1.807, 2.05) is 0 Å². The molecule has 31 heavy (non-hydrogen) atoms. The molecule has 10 heteroatoms. The summed E-state index contributed by atoms with van der Waals surface area (Å²) in [6.45, 7) is 4.42. The molecule has 1 saturated heterocycles. The Morgan fingerprint density at radius 1 is 1.35 bits per heavy atom. The predicted molar refractivity (Wildman–Crippen MR) is 114 cm³/mol. The van der Waals surface area contributed by atoms with Crippen molar-refractivity contribution in [1.82, 2.24) is 10.2 Å². The zero-order chi connectivity index (χ0) is 22.2. The molecule has 4 N–H and O–H groups in total. The Kier molecular flexibility index (Phi) is 6.02. The number of anilines is 1. The molecule has 0 aromatic heterocycles. The number of nitrogens with zero attached hydrogens (tertiary/aromatic N) is 2. The largest absolute Gasteiger partial charge is 0.416 e. The third kappa shape index (κ3) is 4.73. The zero-order valence-electron chi connectivity index (χ0n) is 16.9. The number of carbonyl (C=O) groups excluding carboxylic acids is 1. The first-order chi connectivity index (χ1) is 14.7.